The largest absolute Gasteiger partial charge is 0.380 e. The van der Waals surface area contributed by atoms with E-state index in [4.69, 9.17) is 4.74 Å². The molecule has 1 atom stereocenters. The van der Waals surface area contributed by atoms with E-state index in [-0.39, 0.29) is 5.41 Å². The molecule has 9 heavy (non-hydrogen) atoms. The molecule has 0 aliphatic carbocycles. The van der Waals surface area contributed by atoms with Gasteiger partial charge in [-0.2, -0.15) is 0 Å². The van der Waals surface area contributed by atoms with Crippen molar-refractivity contribution in [1.82, 2.24) is 0 Å². The number of hydrogen-bond donors (Lipinski definition) is 0. The average Bonchev–Trinajstić information content (AvgIpc) is 2.36. The second kappa shape index (κ2) is 2.48. The number of ether oxygens (including phenoxy) is 1. The average molecular weight is 128 g/mol. The van der Waals surface area contributed by atoms with E-state index in [0.717, 1.165) is 25.7 Å². The van der Waals surface area contributed by atoms with Gasteiger partial charge in [-0.3, -0.25) is 0 Å². The zero-order valence-electron chi connectivity index (χ0n) is 5.72. The third-order valence-corrected chi connectivity index (χ3v) is 2.09. The molecular formula is C7H12O2. The van der Waals surface area contributed by atoms with E-state index in [9.17, 15) is 4.79 Å². The van der Waals surface area contributed by atoms with Crippen LogP contribution in [0, 0.1) is 5.41 Å². The minimum Gasteiger partial charge on any atom is -0.380 e. The molecule has 0 aromatic rings. The SMILES string of the molecule is CCC1(C=O)CCOC1. The van der Waals surface area contributed by atoms with Gasteiger partial charge in [0, 0.05) is 6.61 Å². The number of carbonyl (C=O) groups is 1. The summed E-state index contributed by atoms with van der Waals surface area (Å²) in [7, 11) is 0. The van der Waals surface area contributed by atoms with Crippen molar-refractivity contribution in [3.05, 3.63) is 0 Å². The van der Waals surface area contributed by atoms with Gasteiger partial charge in [0.05, 0.1) is 12.0 Å². The van der Waals surface area contributed by atoms with Gasteiger partial charge in [0.2, 0.25) is 0 Å². The molecule has 1 saturated heterocycles. The first kappa shape index (κ1) is 6.75. The summed E-state index contributed by atoms with van der Waals surface area (Å²) >= 11 is 0. The predicted octanol–water partition coefficient (Wildman–Crippen LogP) is 1.00. The quantitative estimate of drug-likeness (QED) is 0.518. The maximum absolute atomic E-state index is 10.5. The highest BCUT2D eigenvalue weighted by molar-refractivity contribution is 5.59. The Bertz CT molecular complexity index is 103. The lowest BCUT2D eigenvalue weighted by atomic mass is 9.87. The van der Waals surface area contributed by atoms with Crippen molar-refractivity contribution in [3.63, 3.8) is 0 Å². The molecule has 0 spiro atoms. The molecule has 2 heteroatoms. The molecule has 1 aliphatic rings. The fraction of sp³-hybridized carbons (Fsp3) is 0.857. The Kier molecular flexibility index (Phi) is 1.86. The van der Waals surface area contributed by atoms with Gasteiger partial charge in [0.15, 0.2) is 0 Å². The standard InChI is InChI=1S/C7H12O2/c1-2-7(5-8)3-4-9-6-7/h5H,2-4,6H2,1H3. The van der Waals surface area contributed by atoms with E-state index < -0.39 is 0 Å². The Morgan fingerprint density at radius 2 is 2.56 bits per heavy atom. The highest BCUT2D eigenvalue weighted by Crippen LogP contribution is 2.28. The van der Waals surface area contributed by atoms with Crippen LogP contribution in [-0.2, 0) is 9.53 Å². The van der Waals surface area contributed by atoms with E-state index in [1.54, 1.807) is 0 Å². The summed E-state index contributed by atoms with van der Waals surface area (Å²) in [6.07, 6.45) is 2.86. The maximum Gasteiger partial charge on any atom is 0.128 e. The van der Waals surface area contributed by atoms with Gasteiger partial charge in [-0.25, -0.2) is 0 Å². The van der Waals surface area contributed by atoms with Gasteiger partial charge < -0.3 is 9.53 Å². The van der Waals surface area contributed by atoms with Crippen LogP contribution in [0.25, 0.3) is 0 Å². The summed E-state index contributed by atoms with van der Waals surface area (Å²) in [4.78, 5) is 10.5. The molecule has 0 N–H and O–H groups in total. The number of hydrogen-bond acceptors (Lipinski definition) is 2. The lowest BCUT2D eigenvalue weighted by Gasteiger charge is -2.15. The molecule has 0 radical (unpaired) electrons. The number of rotatable bonds is 2. The van der Waals surface area contributed by atoms with Crippen molar-refractivity contribution < 1.29 is 9.53 Å². The van der Waals surface area contributed by atoms with Crippen LogP contribution in [0.5, 0.6) is 0 Å². The summed E-state index contributed by atoms with van der Waals surface area (Å²) in [5, 5.41) is 0. The van der Waals surface area contributed by atoms with Crippen LogP contribution < -0.4 is 0 Å². The third-order valence-electron chi connectivity index (χ3n) is 2.09. The first-order valence-corrected chi connectivity index (χ1v) is 3.37. The minimum atomic E-state index is -0.125. The van der Waals surface area contributed by atoms with Gasteiger partial charge in [-0.05, 0) is 12.8 Å². The lowest BCUT2D eigenvalue weighted by molar-refractivity contribution is -0.116. The first-order chi connectivity index (χ1) is 4.33. The molecule has 0 bridgehead atoms. The molecule has 0 aromatic heterocycles. The van der Waals surface area contributed by atoms with Crippen molar-refractivity contribution in [2.24, 2.45) is 5.41 Å². The first-order valence-electron chi connectivity index (χ1n) is 3.37. The Balaban J connectivity index is 2.55. The highest BCUT2D eigenvalue weighted by Gasteiger charge is 2.32. The van der Waals surface area contributed by atoms with Crippen molar-refractivity contribution in [1.29, 1.82) is 0 Å². The minimum absolute atomic E-state index is 0.125. The summed E-state index contributed by atoms with van der Waals surface area (Å²) < 4.78 is 5.11. The molecule has 1 aliphatic heterocycles. The fourth-order valence-corrected chi connectivity index (χ4v) is 1.08. The predicted molar refractivity (Wildman–Crippen MR) is 34.2 cm³/mol. The van der Waals surface area contributed by atoms with Gasteiger partial charge in [-0.1, -0.05) is 6.92 Å². The molecule has 0 saturated carbocycles. The normalized spacial score (nSPS) is 34.8. The van der Waals surface area contributed by atoms with Gasteiger partial charge in [-0.15, -0.1) is 0 Å². The Morgan fingerprint density at radius 1 is 1.78 bits per heavy atom. The van der Waals surface area contributed by atoms with E-state index in [0.29, 0.717) is 6.61 Å². The smallest absolute Gasteiger partial charge is 0.128 e. The van der Waals surface area contributed by atoms with Crippen LogP contribution in [0.4, 0.5) is 0 Å². The molecule has 2 nitrogen and oxygen atoms in total. The molecular weight excluding hydrogens is 116 g/mol. The topological polar surface area (TPSA) is 26.3 Å². The molecule has 1 heterocycles. The van der Waals surface area contributed by atoms with Crippen molar-refractivity contribution in [2.75, 3.05) is 13.2 Å². The van der Waals surface area contributed by atoms with E-state index in [1.165, 1.54) is 0 Å². The van der Waals surface area contributed by atoms with E-state index in [2.05, 4.69) is 0 Å². The Hall–Kier alpha value is -0.370. The summed E-state index contributed by atoms with van der Waals surface area (Å²) in [5.41, 5.74) is -0.125. The molecule has 0 aromatic carbocycles. The second-order valence-electron chi connectivity index (χ2n) is 2.64. The van der Waals surface area contributed by atoms with Crippen LogP contribution in [-0.4, -0.2) is 19.5 Å². The van der Waals surface area contributed by atoms with Gasteiger partial charge in [0.25, 0.3) is 0 Å². The van der Waals surface area contributed by atoms with Crippen LogP contribution in [0.1, 0.15) is 19.8 Å². The van der Waals surface area contributed by atoms with Gasteiger partial charge >= 0.3 is 0 Å². The zero-order valence-corrected chi connectivity index (χ0v) is 5.72. The second-order valence-corrected chi connectivity index (χ2v) is 2.64. The molecule has 1 fully saturated rings. The molecule has 52 valence electrons. The summed E-state index contributed by atoms with van der Waals surface area (Å²) in [6.45, 7) is 3.42. The number of aldehydes is 1. The Morgan fingerprint density at radius 3 is 2.78 bits per heavy atom. The van der Waals surface area contributed by atoms with Gasteiger partial charge in [0.1, 0.15) is 6.29 Å². The van der Waals surface area contributed by atoms with E-state index >= 15 is 0 Å². The van der Waals surface area contributed by atoms with Crippen LogP contribution in [0.15, 0.2) is 0 Å². The third kappa shape index (κ3) is 1.13. The van der Waals surface area contributed by atoms with Crippen LogP contribution in [0.3, 0.4) is 0 Å². The number of carbonyl (C=O) groups excluding carboxylic acids is 1. The van der Waals surface area contributed by atoms with Crippen LogP contribution in [0.2, 0.25) is 0 Å². The lowest BCUT2D eigenvalue weighted by Crippen LogP contribution is -2.20. The van der Waals surface area contributed by atoms with Crippen molar-refractivity contribution >= 4 is 6.29 Å². The fourth-order valence-electron chi connectivity index (χ4n) is 1.08. The Labute approximate surface area is 55.2 Å². The molecule has 1 rings (SSSR count). The van der Waals surface area contributed by atoms with Crippen molar-refractivity contribution in [2.45, 2.75) is 19.8 Å². The monoisotopic (exact) mass is 128 g/mol. The van der Waals surface area contributed by atoms with Crippen LogP contribution >= 0.6 is 0 Å². The highest BCUT2D eigenvalue weighted by atomic mass is 16.5. The maximum atomic E-state index is 10.5. The molecule has 0 amide bonds. The van der Waals surface area contributed by atoms with E-state index in [1.807, 2.05) is 6.92 Å². The molecule has 1 unspecified atom stereocenters. The summed E-state index contributed by atoms with van der Waals surface area (Å²) in [6, 6.07) is 0. The summed E-state index contributed by atoms with van der Waals surface area (Å²) in [5.74, 6) is 0. The zero-order chi connectivity index (χ0) is 6.74. The van der Waals surface area contributed by atoms with Crippen molar-refractivity contribution in [3.8, 4) is 0 Å².